The summed E-state index contributed by atoms with van der Waals surface area (Å²) in [7, 11) is 1.65. The first-order valence-electron chi connectivity index (χ1n) is 6.05. The normalized spacial score (nSPS) is 12.8. The second-order valence-electron chi connectivity index (χ2n) is 4.49. The molecule has 98 valence electrons. The van der Waals surface area contributed by atoms with Gasteiger partial charge in [-0.3, -0.25) is 0 Å². The van der Waals surface area contributed by atoms with Crippen LogP contribution in [0.5, 0.6) is 5.75 Å². The van der Waals surface area contributed by atoms with Crippen molar-refractivity contribution in [1.29, 1.82) is 0 Å². The Morgan fingerprint density at radius 3 is 2.84 bits per heavy atom. The smallest absolute Gasteiger partial charge is 0.138 e. The molecule has 0 saturated carbocycles. The molecule has 3 rings (SSSR count). The fourth-order valence-corrected chi connectivity index (χ4v) is 2.95. The average molecular weight is 273 g/mol. The standard InChI is InChI=1S/C15H15NO2S/c1-9-12-4-3-11(17-2)7-13(12)18-15(9)14(16)10-5-6-19-8-10/h3-8,14H,16H2,1-2H3. The minimum atomic E-state index is -0.218. The van der Waals surface area contributed by atoms with E-state index in [-0.39, 0.29) is 6.04 Å². The summed E-state index contributed by atoms with van der Waals surface area (Å²) in [5, 5.41) is 5.16. The largest absolute Gasteiger partial charge is 0.497 e. The Morgan fingerprint density at radius 2 is 2.16 bits per heavy atom. The van der Waals surface area contributed by atoms with Crippen molar-refractivity contribution < 1.29 is 9.15 Å². The number of hydrogen-bond donors (Lipinski definition) is 1. The number of thiophene rings is 1. The number of fused-ring (bicyclic) bond motifs is 1. The Hall–Kier alpha value is -1.78. The first-order valence-corrected chi connectivity index (χ1v) is 6.99. The number of hydrogen-bond acceptors (Lipinski definition) is 4. The molecule has 2 aromatic heterocycles. The maximum Gasteiger partial charge on any atom is 0.138 e. The van der Waals surface area contributed by atoms with E-state index in [2.05, 4.69) is 5.38 Å². The Kier molecular flexibility index (Phi) is 3.05. The molecule has 0 aliphatic carbocycles. The van der Waals surface area contributed by atoms with E-state index in [4.69, 9.17) is 14.9 Å². The van der Waals surface area contributed by atoms with Crippen LogP contribution in [0.4, 0.5) is 0 Å². The van der Waals surface area contributed by atoms with Gasteiger partial charge in [0.2, 0.25) is 0 Å². The zero-order chi connectivity index (χ0) is 13.4. The molecule has 2 heterocycles. The summed E-state index contributed by atoms with van der Waals surface area (Å²) in [5.41, 5.74) is 9.27. The Morgan fingerprint density at radius 1 is 1.32 bits per heavy atom. The first-order chi connectivity index (χ1) is 9.20. The van der Waals surface area contributed by atoms with E-state index in [1.54, 1.807) is 18.4 Å². The van der Waals surface area contributed by atoms with Crippen molar-refractivity contribution in [3.63, 3.8) is 0 Å². The molecule has 0 amide bonds. The minimum absolute atomic E-state index is 0.218. The summed E-state index contributed by atoms with van der Waals surface area (Å²) in [5.74, 6) is 1.61. The monoisotopic (exact) mass is 273 g/mol. The SMILES string of the molecule is COc1ccc2c(C)c(C(N)c3ccsc3)oc2c1. The van der Waals surface area contributed by atoms with Crippen LogP contribution in [0.3, 0.4) is 0 Å². The van der Waals surface area contributed by atoms with E-state index in [0.29, 0.717) is 0 Å². The lowest BCUT2D eigenvalue weighted by Crippen LogP contribution is -2.10. The predicted octanol–water partition coefficient (Wildman–Crippen LogP) is 3.86. The number of methoxy groups -OCH3 is 1. The summed E-state index contributed by atoms with van der Waals surface area (Å²) >= 11 is 1.64. The van der Waals surface area contributed by atoms with E-state index in [1.165, 1.54) is 0 Å². The van der Waals surface area contributed by atoms with Gasteiger partial charge in [0, 0.05) is 17.0 Å². The number of ether oxygens (including phenoxy) is 1. The van der Waals surface area contributed by atoms with Gasteiger partial charge in [-0.2, -0.15) is 11.3 Å². The zero-order valence-electron chi connectivity index (χ0n) is 10.8. The van der Waals surface area contributed by atoms with E-state index in [9.17, 15) is 0 Å². The molecule has 0 aliphatic rings. The van der Waals surface area contributed by atoms with Crippen molar-refractivity contribution in [2.45, 2.75) is 13.0 Å². The van der Waals surface area contributed by atoms with Gasteiger partial charge in [0.1, 0.15) is 17.1 Å². The highest BCUT2D eigenvalue weighted by Crippen LogP contribution is 2.33. The molecule has 0 bridgehead atoms. The summed E-state index contributed by atoms with van der Waals surface area (Å²) < 4.78 is 11.1. The molecule has 0 aliphatic heterocycles. The number of aryl methyl sites for hydroxylation is 1. The lowest BCUT2D eigenvalue weighted by molar-refractivity contribution is 0.414. The maximum absolute atomic E-state index is 6.28. The first kappa shape index (κ1) is 12.3. The third kappa shape index (κ3) is 2.03. The predicted molar refractivity (Wildman–Crippen MR) is 77.9 cm³/mol. The van der Waals surface area contributed by atoms with E-state index in [0.717, 1.165) is 33.6 Å². The van der Waals surface area contributed by atoms with Crippen LogP contribution in [0.2, 0.25) is 0 Å². The van der Waals surface area contributed by atoms with Gasteiger partial charge >= 0.3 is 0 Å². The second-order valence-corrected chi connectivity index (χ2v) is 5.27. The number of rotatable bonds is 3. The molecule has 0 radical (unpaired) electrons. The molecular formula is C15H15NO2S. The van der Waals surface area contributed by atoms with E-state index >= 15 is 0 Å². The number of benzene rings is 1. The van der Waals surface area contributed by atoms with Crippen LogP contribution in [0, 0.1) is 6.92 Å². The zero-order valence-corrected chi connectivity index (χ0v) is 11.7. The molecule has 1 unspecified atom stereocenters. The summed E-state index contributed by atoms with van der Waals surface area (Å²) in [6.07, 6.45) is 0. The van der Waals surface area contributed by atoms with Crippen molar-refractivity contribution in [2.75, 3.05) is 7.11 Å². The van der Waals surface area contributed by atoms with Crippen LogP contribution in [0.15, 0.2) is 39.4 Å². The molecule has 2 N–H and O–H groups in total. The van der Waals surface area contributed by atoms with Crippen LogP contribution < -0.4 is 10.5 Å². The highest BCUT2D eigenvalue weighted by atomic mass is 32.1. The molecule has 0 fully saturated rings. The third-order valence-electron chi connectivity index (χ3n) is 3.37. The van der Waals surface area contributed by atoms with Crippen LogP contribution in [-0.4, -0.2) is 7.11 Å². The molecular weight excluding hydrogens is 258 g/mol. The van der Waals surface area contributed by atoms with E-state index in [1.807, 2.05) is 36.6 Å². The van der Waals surface area contributed by atoms with Gasteiger partial charge in [-0.15, -0.1) is 0 Å². The summed E-state index contributed by atoms with van der Waals surface area (Å²) in [6.45, 7) is 2.04. The fourth-order valence-electron chi connectivity index (χ4n) is 2.25. The van der Waals surface area contributed by atoms with Crippen molar-refractivity contribution in [3.8, 4) is 5.75 Å². The number of nitrogens with two attached hydrogens (primary N) is 1. The number of furan rings is 1. The van der Waals surface area contributed by atoms with Crippen LogP contribution >= 0.6 is 11.3 Å². The fraction of sp³-hybridized carbons (Fsp3) is 0.200. The highest BCUT2D eigenvalue weighted by molar-refractivity contribution is 7.08. The second kappa shape index (κ2) is 4.72. The van der Waals surface area contributed by atoms with Crippen LogP contribution in [0.1, 0.15) is 22.9 Å². The molecule has 0 spiro atoms. The minimum Gasteiger partial charge on any atom is -0.497 e. The molecule has 4 heteroatoms. The van der Waals surface area contributed by atoms with Crippen LogP contribution in [-0.2, 0) is 0 Å². The van der Waals surface area contributed by atoms with Gasteiger partial charge in [-0.1, -0.05) is 0 Å². The molecule has 1 atom stereocenters. The Bertz CT molecular complexity index is 700. The van der Waals surface area contributed by atoms with Gasteiger partial charge in [-0.25, -0.2) is 0 Å². The summed E-state index contributed by atoms with van der Waals surface area (Å²) in [4.78, 5) is 0. The molecule has 1 aromatic carbocycles. The van der Waals surface area contributed by atoms with Crippen molar-refractivity contribution in [3.05, 3.63) is 51.9 Å². The van der Waals surface area contributed by atoms with Gasteiger partial charge in [-0.05, 0) is 41.4 Å². The Balaban J connectivity index is 2.11. The lowest BCUT2D eigenvalue weighted by atomic mass is 10.0. The highest BCUT2D eigenvalue weighted by Gasteiger charge is 2.19. The van der Waals surface area contributed by atoms with Crippen molar-refractivity contribution >= 4 is 22.3 Å². The molecule has 3 nitrogen and oxygen atoms in total. The maximum atomic E-state index is 6.28. The van der Waals surface area contributed by atoms with Crippen molar-refractivity contribution in [2.24, 2.45) is 5.73 Å². The van der Waals surface area contributed by atoms with Gasteiger partial charge in [0.15, 0.2) is 0 Å². The average Bonchev–Trinajstić information content (AvgIpc) is 3.06. The molecule has 19 heavy (non-hydrogen) atoms. The Labute approximate surface area is 115 Å². The third-order valence-corrected chi connectivity index (χ3v) is 4.07. The summed E-state index contributed by atoms with van der Waals surface area (Å²) in [6, 6.07) is 7.65. The quantitative estimate of drug-likeness (QED) is 0.788. The van der Waals surface area contributed by atoms with Crippen molar-refractivity contribution in [1.82, 2.24) is 0 Å². The molecule has 3 aromatic rings. The van der Waals surface area contributed by atoms with Gasteiger partial charge in [0.05, 0.1) is 13.2 Å². The van der Waals surface area contributed by atoms with Gasteiger partial charge < -0.3 is 14.9 Å². The molecule has 0 saturated heterocycles. The lowest BCUT2D eigenvalue weighted by Gasteiger charge is -2.07. The topological polar surface area (TPSA) is 48.4 Å². The van der Waals surface area contributed by atoms with Crippen LogP contribution in [0.25, 0.3) is 11.0 Å². The van der Waals surface area contributed by atoms with E-state index < -0.39 is 0 Å². The van der Waals surface area contributed by atoms with Gasteiger partial charge in [0.25, 0.3) is 0 Å².